The molecule has 9 atom stereocenters. The van der Waals surface area contributed by atoms with E-state index in [1.54, 1.807) is 6.08 Å². The van der Waals surface area contributed by atoms with Gasteiger partial charge in [0, 0.05) is 11.3 Å². The van der Waals surface area contributed by atoms with Crippen molar-refractivity contribution >= 4 is 34.5 Å². The van der Waals surface area contributed by atoms with Crippen LogP contribution in [0.25, 0.3) is 0 Å². The highest BCUT2D eigenvalue weighted by atomic mass is 28.4. The molecular formula is C30H50O7Si2. The third kappa shape index (κ3) is 5.25. The molecule has 0 aromatic carbocycles. The maximum absolute atomic E-state index is 13.7. The van der Waals surface area contributed by atoms with Crippen LogP contribution in [0.4, 0.5) is 0 Å². The molecule has 220 valence electrons. The molecule has 2 unspecified atom stereocenters. The van der Waals surface area contributed by atoms with Crippen molar-refractivity contribution < 1.29 is 33.4 Å². The number of hydrogen-bond donors (Lipinski definition) is 2. The van der Waals surface area contributed by atoms with Crippen LogP contribution in [0.3, 0.4) is 0 Å². The summed E-state index contributed by atoms with van der Waals surface area (Å²) in [6.07, 6.45) is 3.31. The van der Waals surface area contributed by atoms with Crippen LogP contribution in [-0.4, -0.2) is 63.2 Å². The van der Waals surface area contributed by atoms with Crippen molar-refractivity contribution in [2.24, 2.45) is 34.5 Å². The molecular weight excluding hydrogens is 528 g/mol. The Bertz CT molecular complexity index is 1040. The van der Waals surface area contributed by atoms with Gasteiger partial charge in [-0.05, 0) is 106 Å². The molecule has 0 saturated heterocycles. The molecule has 0 aromatic heterocycles. The Hall–Kier alpha value is -0.976. The Balaban J connectivity index is 1.62. The highest BCUT2D eigenvalue weighted by Gasteiger charge is 2.66. The molecule has 0 aliphatic heterocycles. The number of ketones is 2. The monoisotopic (exact) mass is 578 g/mol. The highest BCUT2D eigenvalue weighted by Crippen LogP contribution is 2.66. The largest absolute Gasteiger partial charge is 0.407 e. The van der Waals surface area contributed by atoms with Crippen LogP contribution in [-0.2, 0) is 23.2 Å². The second-order valence-electron chi connectivity index (χ2n) is 15.5. The average Bonchev–Trinajstić information content (AvgIpc) is 3.16. The van der Waals surface area contributed by atoms with E-state index in [0.29, 0.717) is 19.3 Å². The van der Waals surface area contributed by atoms with Gasteiger partial charge in [-0.1, -0.05) is 33.3 Å². The minimum Gasteiger partial charge on any atom is -0.407 e. The maximum atomic E-state index is 13.7. The van der Waals surface area contributed by atoms with Gasteiger partial charge in [0.15, 0.2) is 28.2 Å². The maximum Gasteiger partial charge on any atom is 0.206 e. The van der Waals surface area contributed by atoms with Crippen LogP contribution < -0.4 is 0 Å². The molecule has 39 heavy (non-hydrogen) atoms. The summed E-state index contributed by atoms with van der Waals surface area (Å²) in [5, 5.41) is 22.5. The smallest absolute Gasteiger partial charge is 0.206 e. The number of fused-ring (bicyclic) bond motifs is 5. The van der Waals surface area contributed by atoms with Crippen LogP contribution in [0.1, 0.15) is 66.2 Å². The lowest BCUT2D eigenvalue weighted by molar-refractivity contribution is -0.167. The quantitative estimate of drug-likeness (QED) is 0.248. The first-order valence-electron chi connectivity index (χ1n) is 14.7. The molecule has 4 aliphatic carbocycles. The average molecular weight is 579 g/mol. The molecule has 0 heterocycles. The van der Waals surface area contributed by atoms with Gasteiger partial charge < -0.3 is 23.9 Å². The molecule has 0 amide bonds. The molecule has 4 rings (SSSR count). The van der Waals surface area contributed by atoms with E-state index in [4.69, 9.17) is 8.85 Å². The molecule has 9 heteroatoms. The van der Waals surface area contributed by atoms with E-state index >= 15 is 0 Å². The van der Waals surface area contributed by atoms with Crippen molar-refractivity contribution in [2.75, 3.05) is 0 Å². The second kappa shape index (κ2) is 10.1. The van der Waals surface area contributed by atoms with Crippen molar-refractivity contribution in [1.82, 2.24) is 0 Å². The molecule has 4 aliphatic rings. The van der Waals surface area contributed by atoms with Crippen LogP contribution in [0, 0.1) is 34.5 Å². The summed E-state index contributed by atoms with van der Waals surface area (Å²) in [6, 6.07) is 0. The lowest BCUT2D eigenvalue weighted by Crippen LogP contribution is -2.60. The Kier molecular flexibility index (Phi) is 8.01. The van der Waals surface area contributed by atoms with Gasteiger partial charge in [-0.15, -0.1) is 0 Å². The van der Waals surface area contributed by atoms with Crippen molar-refractivity contribution in [3.8, 4) is 0 Å². The van der Waals surface area contributed by atoms with E-state index < -0.39 is 57.7 Å². The molecule has 0 spiro atoms. The number of Topliss-reactive ketones (excluding diaryl/α,β-unsaturated/α-hetero) is 1. The van der Waals surface area contributed by atoms with E-state index in [-0.39, 0.29) is 35.0 Å². The zero-order valence-electron chi connectivity index (χ0n) is 25.4. The lowest BCUT2D eigenvalue weighted by atomic mass is 9.45. The van der Waals surface area contributed by atoms with E-state index in [9.17, 15) is 24.6 Å². The predicted molar refractivity (Wildman–Crippen MR) is 155 cm³/mol. The molecule has 0 bridgehead atoms. The molecule has 7 nitrogen and oxygen atoms in total. The summed E-state index contributed by atoms with van der Waals surface area (Å²) in [7, 11) is -4.38. The summed E-state index contributed by atoms with van der Waals surface area (Å²) in [4.78, 5) is 39.6. The normalized spacial score (nSPS) is 39.8. The minimum atomic E-state index is -2.41. The lowest BCUT2D eigenvalue weighted by Gasteiger charge is -2.59. The number of carbonyl (C=O) groups excluding carboxylic acids is 3. The van der Waals surface area contributed by atoms with Crippen molar-refractivity contribution in [1.29, 1.82) is 0 Å². The highest BCUT2D eigenvalue weighted by molar-refractivity contribution is 6.74. The van der Waals surface area contributed by atoms with Crippen molar-refractivity contribution in [2.45, 2.75) is 122 Å². The Morgan fingerprint density at radius 3 is 2.33 bits per heavy atom. The second-order valence-corrected chi connectivity index (χ2v) is 24.7. The molecule has 3 saturated carbocycles. The molecule has 3 fully saturated rings. The van der Waals surface area contributed by atoms with E-state index in [1.807, 2.05) is 13.1 Å². The molecule has 2 N–H and O–H groups in total. The minimum absolute atomic E-state index is 0.0260. The summed E-state index contributed by atoms with van der Waals surface area (Å²) in [5.74, 6) is -1.18. The zero-order valence-corrected chi connectivity index (χ0v) is 27.4. The van der Waals surface area contributed by atoms with Crippen LogP contribution in [0.15, 0.2) is 11.6 Å². The van der Waals surface area contributed by atoms with Crippen LogP contribution in [0.5, 0.6) is 0 Å². The summed E-state index contributed by atoms with van der Waals surface area (Å²) in [6.45, 7) is 18.6. The molecule has 0 aromatic rings. The number of rotatable bonds is 7. The van der Waals surface area contributed by atoms with Crippen molar-refractivity contribution in [3.05, 3.63) is 11.6 Å². The standard InChI is InChI=1S/C30H50O7Si2/c1-28(2,3)39(8,9)37-27(35)26(34)21-13-12-20-19-11-10-18-14-22(32)24(36-38(5,6)7)16-29(18,4)25(19)23(33)15-30(20,21)17-31/h14,17,19-21,23-25,27,33,35H,10-13,15-16H2,1-9H3/t19-,20-,21+,23-,24?,25+,27?,29-,30+/m0/s1. The van der Waals surface area contributed by atoms with Crippen LogP contribution >= 0.6 is 0 Å². The van der Waals surface area contributed by atoms with Gasteiger partial charge in [-0.25, -0.2) is 0 Å². The zero-order chi connectivity index (χ0) is 29.3. The SMILES string of the molecule is CC(C)(C)[Si](C)(C)OC(O)C(=O)[C@H]1CC[C@H]2[C@@H]3CCC4=CC(=O)C(O[Si](C)(C)C)C[C@]4(C)[C@H]3[C@@H](O)C[C@]12C=O. The predicted octanol–water partition coefficient (Wildman–Crippen LogP) is 5.02. The Morgan fingerprint density at radius 1 is 1.13 bits per heavy atom. The van der Waals surface area contributed by atoms with Gasteiger partial charge in [0.05, 0.1) is 6.10 Å². The molecule has 0 radical (unpaired) electrons. The van der Waals surface area contributed by atoms with Gasteiger partial charge in [0.2, 0.25) is 6.29 Å². The van der Waals surface area contributed by atoms with Gasteiger partial charge in [-0.3, -0.25) is 9.59 Å². The van der Waals surface area contributed by atoms with Gasteiger partial charge in [-0.2, -0.15) is 0 Å². The number of aliphatic hydroxyl groups excluding tert-OH is 2. The first kappa shape index (κ1) is 31.0. The van der Waals surface area contributed by atoms with Crippen LogP contribution in [0.2, 0.25) is 37.8 Å². The topological polar surface area (TPSA) is 110 Å². The fraction of sp³-hybridized carbons (Fsp3) is 0.833. The third-order valence-electron chi connectivity index (χ3n) is 11.0. The Labute approximate surface area is 236 Å². The summed E-state index contributed by atoms with van der Waals surface area (Å²) in [5.41, 5.74) is -0.320. The fourth-order valence-corrected chi connectivity index (χ4v) is 10.3. The fourth-order valence-electron chi connectivity index (χ4n) is 8.26. The number of aldehydes is 1. The Morgan fingerprint density at radius 2 is 1.77 bits per heavy atom. The third-order valence-corrected chi connectivity index (χ3v) is 16.5. The number of carbonyl (C=O) groups is 3. The first-order chi connectivity index (χ1) is 17.8. The summed E-state index contributed by atoms with van der Waals surface area (Å²) >= 11 is 0. The number of hydrogen-bond acceptors (Lipinski definition) is 7. The van der Waals surface area contributed by atoms with Gasteiger partial charge >= 0.3 is 0 Å². The summed E-state index contributed by atoms with van der Waals surface area (Å²) < 4.78 is 12.4. The van der Waals surface area contributed by atoms with E-state index in [2.05, 4.69) is 47.3 Å². The van der Waals surface area contributed by atoms with Crippen molar-refractivity contribution in [3.63, 3.8) is 0 Å². The van der Waals surface area contributed by atoms with E-state index in [0.717, 1.165) is 24.7 Å². The number of allylic oxidation sites excluding steroid dienone is 1. The van der Waals surface area contributed by atoms with E-state index in [1.165, 1.54) is 0 Å². The van der Waals surface area contributed by atoms with Gasteiger partial charge in [0.25, 0.3) is 0 Å². The number of aliphatic hydroxyl groups is 2. The van der Waals surface area contributed by atoms with Gasteiger partial charge in [0.1, 0.15) is 12.4 Å². The first-order valence-corrected chi connectivity index (χ1v) is 21.1.